The highest BCUT2D eigenvalue weighted by Crippen LogP contribution is 2.20. The van der Waals surface area contributed by atoms with Gasteiger partial charge in [-0.25, -0.2) is 4.39 Å². The lowest BCUT2D eigenvalue weighted by Gasteiger charge is -2.23. The maximum absolute atomic E-state index is 13.8. The molecule has 4 heteroatoms. The van der Waals surface area contributed by atoms with Gasteiger partial charge in [-0.1, -0.05) is 6.07 Å². The number of aromatic nitrogens is 1. The normalized spacial score (nSPS) is 10.7. The predicted octanol–water partition coefficient (Wildman–Crippen LogP) is 3.28. The van der Waals surface area contributed by atoms with Gasteiger partial charge in [-0.3, -0.25) is 4.98 Å². The van der Waals surface area contributed by atoms with Crippen molar-refractivity contribution in [3.8, 4) is 0 Å². The van der Waals surface area contributed by atoms with Crippen LogP contribution in [0.2, 0.25) is 0 Å². The molecule has 3 nitrogen and oxygen atoms in total. The van der Waals surface area contributed by atoms with Crippen molar-refractivity contribution < 1.29 is 4.39 Å². The number of nitrogens with zero attached hydrogens (tertiary/aromatic N) is 2. The average Bonchev–Trinajstić information content (AvgIpc) is 2.44. The molecule has 0 saturated carbocycles. The van der Waals surface area contributed by atoms with Gasteiger partial charge in [0, 0.05) is 24.5 Å². The van der Waals surface area contributed by atoms with E-state index in [2.05, 4.69) is 22.1 Å². The highest BCUT2D eigenvalue weighted by atomic mass is 19.1. The molecule has 0 atom stereocenters. The molecule has 1 heterocycles. The fraction of sp³-hybridized carbons (Fsp3) is 0.353. The largest absolute Gasteiger partial charge is 0.366 e. The summed E-state index contributed by atoms with van der Waals surface area (Å²) < 4.78 is 13.8. The lowest BCUT2D eigenvalue weighted by atomic mass is 10.1. The summed E-state index contributed by atoms with van der Waals surface area (Å²) in [6.07, 6.45) is 0. The zero-order chi connectivity index (χ0) is 15.2. The minimum Gasteiger partial charge on any atom is -0.366 e. The van der Waals surface area contributed by atoms with E-state index in [0.29, 0.717) is 13.1 Å². The number of halogens is 1. The van der Waals surface area contributed by atoms with Crippen LogP contribution >= 0.6 is 0 Å². The Balaban J connectivity index is 2.24. The third kappa shape index (κ3) is 4.26. The van der Waals surface area contributed by atoms with Crippen LogP contribution in [0.3, 0.4) is 0 Å². The zero-order valence-corrected chi connectivity index (χ0v) is 12.9. The van der Waals surface area contributed by atoms with Gasteiger partial charge >= 0.3 is 0 Å². The molecule has 1 aromatic carbocycles. The van der Waals surface area contributed by atoms with Crippen LogP contribution in [-0.4, -0.2) is 18.6 Å². The van der Waals surface area contributed by atoms with E-state index in [1.165, 1.54) is 0 Å². The minimum absolute atomic E-state index is 0.201. The molecule has 2 aromatic rings. The third-order valence-electron chi connectivity index (χ3n) is 3.37. The van der Waals surface area contributed by atoms with E-state index >= 15 is 0 Å². The second kappa shape index (κ2) is 7.18. The molecule has 0 saturated heterocycles. The van der Waals surface area contributed by atoms with Gasteiger partial charge in [0.25, 0.3) is 0 Å². The van der Waals surface area contributed by atoms with Crippen LogP contribution in [0, 0.1) is 12.7 Å². The summed E-state index contributed by atoms with van der Waals surface area (Å²) >= 11 is 0. The van der Waals surface area contributed by atoms with Gasteiger partial charge in [-0.05, 0) is 56.8 Å². The summed E-state index contributed by atoms with van der Waals surface area (Å²) in [5, 5.41) is 3.06. The van der Waals surface area contributed by atoms with E-state index in [-0.39, 0.29) is 5.82 Å². The van der Waals surface area contributed by atoms with Crippen LogP contribution in [0.1, 0.15) is 23.9 Å². The Morgan fingerprint density at radius 1 is 1.24 bits per heavy atom. The maximum Gasteiger partial charge on any atom is 0.125 e. The highest BCUT2D eigenvalue weighted by molar-refractivity contribution is 5.49. The fourth-order valence-electron chi connectivity index (χ4n) is 2.39. The van der Waals surface area contributed by atoms with E-state index in [1.54, 1.807) is 12.1 Å². The topological polar surface area (TPSA) is 28.2 Å². The predicted molar refractivity (Wildman–Crippen MR) is 84.9 cm³/mol. The Morgan fingerprint density at radius 2 is 2.05 bits per heavy atom. The Kier molecular flexibility index (Phi) is 5.28. The summed E-state index contributed by atoms with van der Waals surface area (Å²) in [6.45, 7) is 6.19. The quantitative estimate of drug-likeness (QED) is 0.884. The monoisotopic (exact) mass is 287 g/mol. The van der Waals surface area contributed by atoms with E-state index in [4.69, 9.17) is 0 Å². The molecular formula is C17H22FN3. The van der Waals surface area contributed by atoms with Gasteiger partial charge in [0.15, 0.2) is 0 Å². The van der Waals surface area contributed by atoms with Crippen molar-refractivity contribution in [3.63, 3.8) is 0 Å². The molecule has 0 bridgehead atoms. The molecule has 2 rings (SSSR count). The number of hydrogen-bond donors (Lipinski definition) is 1. The molecule has 0 aliphatic carbocycles. The van der Waals surface area contributed by atoms with Crippen LogP contribution in [0.4, 0.5) is 10.1 Å². The van der Waals surface area contributed by atoms with E-state index in [1.807, 2.05) is 38.2 Å². The Bertz CT molecular complexity index is 598. The second-order valence-corrected chi connectivity index (χ2v) is 5.13. The molecule has 1 aromatic heterocycles. The summed E-state index contributed by atoms with van der Waals surface area (Å²) in [4.78, 5) is 6.65. The number of benzene rings is 1. The molecule has 0 spiro atoms. The van der Waals surface area contributed by atoms with Crippen molar-refractivity contribution in [1.29, 1.82) is 0 Å². The van der Waals surface area contributed by atoms with E-state index in [9.17, 15) is 4.39 Å². The average molecular weight is 287 g/mol. The van der Waals surface area contributed by atoms with Crippen molar-refractivity contribution in [2.75, 3.05) is 18.5 Å². The van der Waals surface area contributed by atoms with Gasteiger partial charge in [-0.2, -0.15) is 0 Å². The van der Waals surface area contributed by atoms with Gasteiger partial charge in [0.2, 0.25) is 0 Å². The van der Waals surface area contributed by atoms with Crippen molar-refractivity contribution in [2.45, 2.75) is 26.9 Å². The van der Waals surface area contributed by atoms with Crippen molar-refractivity contribution >= 4 is 5.69 Å². The number of hydrogen-bond acceptors (Lipinski definition) is 3. The summed E-state index contributed by atoms with van der Waals surface area (Å²) in [6, 6.07) is 11.2. The van der Waals surface area contributed by atoms with Gasteiger partial charge in [0.05, 0.1) is 12.2 Å². The lowest BCUT2D eigenvalue weighted by molar-refractivity contribution is 0.622. The Hall–Kier alpha value is -1.94. The van der Waals surface area contributed by atoms with Gasteiger partial charge in [0.1, 0.15) is 5.82 Å². The number of nitrogens with one attached hydrogen (secondary N) is 1. The first kappa shape index (κ1) is 15.4. The van der Waals surface area contributed by atoms with Crippen molar-refractivity contribution in [2.24, 2.45) is 0 Å². The zero-order valence-electron chi connectivity index (χ0n) is 12.9. The van der Waals surface area contributed by atoms with Crippen LogP contribution < -0.4 is 10.2 Å². The molecule has 0 aliphatic heterocycles. The van der Waals surface area contributed by atoms with E-state index in [0.717, 1.165) is 29.2 Å². The molecule has 0 radical (unpaired) electrons. The van der Waals surface area contributed by atoms with Gasteiger partial charge < -0.3 is 10.2 Å². The first-order chi connectivity index (χ1) is 10.1. The Labute approximate surface area is 125 Å². The van der Waals surface area contributed by atoms with Crippen molar-refractivity contribution in [3.05, 3.63) is 59.2 Å². The Morgan fingerprint density at radius 3 is 2.71 bits per heavy atom. The molecular weight excluding hydrogens is 265 g/mol. The smallest absolute Gasteiger partial charge is 0.125 e. The molecule has 0 aliphatic rings. The van der Waals surface area contributed by atoms with Crippen molar-refractivity contribution in [1.82, 2.24) is 10.3 Å². The molecule has 0 fully saturated rings. The number of rotatable bonds is 6. The molecule has 21 heavy (non-hydrogen) atoms. The molecule has 112 valence electrons. The molecule has 1 N–H and O–H groups in total. The summed E-state index contributed by atoms with van der Waals surface area (Å²) in [7, 11) is 1.86. The SMILES string of the molecule is CCN(Cc1cccc(C)n1)c1cc(F)cc(CNC)c1. The van der Waals surface area contributed by atoms with Crippen LogP contribution in [0.5, 0.6) is 0 Å². The third-order valence-corrected chi connectivity index (χ3v) is 3.37. The van der Waals surface area contributed by atoms with Gasteiger partial charge in [-0.15, -0.1) is 0 Å². The first-order valence-electron chi connectivity index (χ1n) is 7.24. The first-order valence-corrected chi connectivity index (χ1v) is 7.24. The fourth-order valence-corrected chi connectivity index (χ4v) is 2.39. The molecule has 0 amide bonds. The summed E-state index contributed by atoms with van der Waals surface area (Å²) in [5.41, 5.74) is 3.84. The van der Waals surface area contributed by atoms with Crippen LogP contribution in [0.25, 0.3) is 0 Å². The minimum atomic E-state index is -0.201. The highest BCUT2D eigenvalue weighted by Gasteiger charge is 2.09. The van der Waals surface area contributed by atoms with Crippen LogP contribution in [0.15, 0.2) is 36.4 Å². The lowest BCUT2D eigenvalue weighted by Crippen LogP contribution is -2.23. The standard InChI is InChI=1S/C17H22FN3/c1-4-21(12-16-7-5-6-13(2)20-16)17-9-14(11-19-3)8-15(18)10-17/h5-10,19H,4,11-12H2,1-3H3. The number of anilines is 1. The second-order valence-electron chi connectivity index (χ2n) is 5.13. The number of aryl methyl sites for hydroxylation is 1. The summed E-state index contributed by atoms with van der Waals surface area (Å²) in [5.74, 6) is -0.201. The maximum atomic E-state index is 13.8. The number of pyridine rings is 1. The van der Waals surface area contributed by atoms with Crippen LogP contribution in [-0.2, 0) is 13.1 Å². The molecule has 0 unspecified atom stereocenters. The van der Waals surface area contributed by atoms with E-state index < -0.39 is 0 Å².